The largest absolute Gasteiger partial charge is 0.469 e. The Morgan fingerprint density at radius 2 is 2.28 bits per heavy atom. The summed E-state index contributed by atoms with van der Waals surface area (Å²) < 4.78 is 5.65. The molecule has 6 nitrogen and oxygen atoms in total. The van der Waals surface area contributed by atoms with Gasteiger partial charge in [0.15, 0.2) is 0 Å². The predicted molar refractivity (Wildman–Crippen MR) is 65.3 cm³/mol. The monoisotopic (exact) mass is 251 g/mol. The van der Waals surface area contributed by atoms with Crippen LogP contribution in [0.15, 0.2) is 12.3 Å². The van der Waals surface area contributed by atoms with E-state index >= 15 is 0 Å². The molecule has 6 heteroatoms. The number of ether oxygens (including phenoxy) is 1. The minimum Gasteiger partial charge on any atom is -0.469 e. The highest BCUT2D eigenvalue weighted by atomic mass is 16.5. The summed E-state index contributed by atoms with van der Waals surface area (Å²) in [6.45, 7) is 3.57. The Morgan fingerprint density at radius 1 is 1.61 bits per heavy atom. The van der Waals surface area contributed by atoms with E-state index in [1.54, 1.807) is 27.0 Å². The van der Waals surface area contributed by atoms with Crippen LogP contribution in [0.2, 0.25) is 0 Å². The highest BCUT2D eigenvalue weighted by Gasteiger charge is 2.43. The molecular formula is C12H17N3O3. The van der Waals surface area contributed by atoms with E-state index in [2.05, 4.69) is 10.3 Å². The van der Waals surface area contributed by atoms with Gasteiger partial charge in [0, 0.05) is 11.8 Å². The van der Waals surface area contributed by atoms with Gasteiger partial charge in [-0.05, 0) is 27.0 Å². The molecule has 0 fully saturated rings. The van der Waals surface area contributed by atoms with Crippen LogP contribution in [0.5, 0.6) is 5.88 Å². The van der Waals surface area contributed by atoms with Crippen molar-refractivity contribution < 1.29 is 14.6 Å². The molecule has 2 heterocycles. The second-order valence-electron chi connectivity index (χ2n) is 4.90. The number of amides is 1. The third kappa shape index (κ3) is 1.93. The number of nitrogens with two attached hydrogens (primary N) is 1. The van der Waals surface area contributed by atoms with E-state index in [1.165, 1.54) is 6.20 Å². The van der Waals surface area contributed by atoms with Crippen LogP contribution >= 0.6 is 0 Å². The van der Waals surface area contributed by atoms with E-state index in [0.717, 1.165) is 0 Å². The molecule has 0 spiro atoms. The molecule has 2 atom stereocenters. The van der Waals surface area contributed by atoms with E-state index < -0.39 is 17.6 Å². The van der Waals surface area contributed by atoms with Crippen molar-refractivity contribution in [2.75, 3.05) is 7.05 Å². The van der Waals surface area contributed by atoms with Crippen LogP contribution in [-0.4, -0.2) is 34.8 Å². The Hall–Kier alpha value is -1.66. The zero-order valence-electron chi connectivity index (χ0n) is 10.6. The lowest BCUT2D eigenvalue weighted by Gasteiger charge is -2.41. The van der Waals surface area contributed by atoms with Crippen molar-refractivity contribution in [3.05, 3.63) is 23.4 Å². The number of hydrogen-bond donors (Lipinski definition) is 3. The molecule has 4 N–H and O–H groups in total. The van der Waals surface area contributed by atoms with Crippen molar-refractivity contribution in [2.45, 2.75) is 31.6 Å². The summed E-state index contributed by atoms with van der Waals surface area (Å²) in [5, 5.41) is 13.3. The summed E-state index contributed by atoms with van der Waals surface area (Å²) in [7, 11) is 1.73. The number of likely N-dealkylation sites (N-methyl/N-ethyl adjacent to an activating group) is 1. The number of nitrogens with zero attached hydrogens (tertiary/aromatic N) is 1. The molecule has 98 valence electrons. The minimum absolute atomic E-state index is 0.296. The van der Waals surface area contributed by atoms with Crippen molar-refractivity contribution in [3.8, 4) is 5.88 Å². The summed E-state index contributed by atoms with van der Waals surface area (Å²) in [6, 6.07) is 1.25. The molecule has 0 unspecified atom stereocenters. The fraction of sp³-hybridized carbons (Fsp3) is 0.500. The molecule has 2 rings (SSSR count). The third-order valence-electron chi connectivity index (χ3n) is 3.20. The molecule has 0 saturated heterocycles. The Balaban J connectivity index is 2.53. The molecule has 0 bridgehead atoms. The second kappa shape index (κ2) is 4.22. The zero-order valence-corrected chi connectivity index (χ0v) is 10.6. The van der Waals surface area contributed by atoms with Crippen molar-refractivity contribution in [2.24, 2.45) is 5.73 Å². The molecule has 0 aliphatic carbocycles. The number of pyridine rings is 1. The summed E-state index contributed by atoms with van der Waals surface area (Å²) in [5.41, 5.74) is 5.41. The maximum atomic E-state index is 11.1. The van der Waals surface area contributed by atoms with Crippen LogP contribution in [0.1, 0.15) is 35.8 Å². The minimum atomic E-state index is -0.750. The highest BCUT2D eigenvalue weighted by Crippen LogP contribution is 2.38. The molecule has 1 amide bonds. The molecule has 18 heavy (non-hydrogen) atoms. The van der Waals surface area contributed by atoms with Gasteiger partial charge in [0.2, 0.25) is 11.8 Å². The first-order valence-corrected chi connectivity index (χ1v) is 5.71. The van der Waals surface area contributed by atoms with Crippen LogP contribution in [-0.2, 0) is 0 Å². The molecule has 1 aliphatic rings. The lowest BCUT2D eigenvalue weighted by atomic mass is 9.87. The number of primary amides is 1. The first-order chi connectivity index (χ1) is 8.36. The standard InChI is InChI=1S/C12H17N3O3/c1-12(2)9(16)8(14-3)7-4-6(10(13)17)5-15-11(7)18-12/h4-5,8-9,14,16H,1-3H3,(H2,13,17)/t8-,9+/m1/s1. The fourth-order valence-corrected chi connectivity index (χ4v) is 2.11. The number of fused-ring (bicyclic) bond motifs is 1. The summed E-state index contributed by atoms with van der Waals surface area (Å²) in [4.78, 5) is 15.2. The topological polar surface area (TPSA) is 97.5 Å². The Labute approximate surface area is 105 Å². The summed E-state index contributed by atoms with van der Waals surface area (Å²) in [5.74, 6) is -0.144. The SMILES string of the molecule is CN[C@@H]1c2cc(C(N)=O)cnc2OC(C)(C)[C@H]1O. The number of carbonyl (C=O) groups is 1. The van der Waals surface area contributed by atoms with Gasteiger partial charge >= 0.3 is 0 Å². The molecule has 0 radical (unpaired) electrons. The van der Waals surface area contributed by atoms with Crippen LogP contribution < -0.4 is 15.8 Å². The highest BCUT2D eigenvalue weighted by molar-refractivity contribution is 5.92. The first-order valence-electron chi connectivity index (χ1n) is 5.71. The smallest absolute Gasteiger partial charge is 0.250 e. The number of aliphatic hydroxyl groups excluding tert-OH is 1. The van der Waals surface area contributed by atoms with Gasteiger partial charge in [-0.2, -0.15) is 0 Å². The first kappa shape index (κ1) is 12.8. The molecule has 1 aromatic heterocycles. The lowest BCUT2D eigenvalue weighted by molar-refractivity contribution is -0.0661. The lowest BCUT2D eigenvalue weighted by Crippen LogP contribution is -2.52. The molecule has 1 aliphatic heterocycles. The molecule has 1 aromatic rings. The number of aliphatic hydroxyl groups is 1. The number of carbonyl (C=O) groups excluding carboxylic acids is 1. The van der Waals surface area contributed by atoms with Crippen molar-refractivity contribution in [1.29, 1.82) is 0 Å². The van der Waals surface area contributed by atoms with Gasteiger partial charge in [0.05, 0.1) is 11.6 Å². The number of rotatable bonds is 2. The third-order valence-corrected chi connectivity index (χ3v) is 3.20. The van der Waals surface area contributed by atoms with Gasteiger partial charge in [-0.3, -0.25) is 4.79 Å². The zero-order chi connectivity index (χ0) is 13.5. The van der Waals surface area contributed by atoms with Crippen LogP contribution in [0.4, 0.5) is 0 Å². The van der Waals surface area contributed by atoms with Gasteiger partial charge in [0.25, 0.3) is 0 Å². The Kier molecular flexibility index (Phi) is 3.00. The van der Waals surface area contributed by atoms with Gasteiger partial charge in [-0.15, -0.1) is 0 Å². The van der Waals surface area contributed by atoms with Gasteiger partial charge in [0.1, 0.15) is 11.7 Å². The van der Waals surface area contributed by atoms with E-state index in [0.29, 0.717) is 17.0 Å². The average molecular weight is 251 g/mol. The average Bonchev–Trinajstić information content (AvgIpc) is 2.30. The van der Waals surface area contributed by atoms with E-state index in [4.69, 9.17) is 10.5 Å². The van der Waals surface area contributed by atoms with Crippen molar-refractivity contribution in [1.82, 2.24) is 10.3 Å². The normalized spacial score (nSPS) is 25.1. The van der Waals surface area contributed by atoms with Crippen LogP contribution in [0.3, 0.4) is 0 Å². The van der Waals surface area contributed by atoms with Crippen molar-refractivity contribution in [3.63, 3.8) is 0 Å². The number of nitrogens with one attached hydrogen (secondary N) is 1. The molecule has 0 aromatic carbocycles. The van der Waals surface area contributed by atoms with E-state index in [1.807, 2.05) is 0 Å². The van der Waals surface area contributed by atoms with Crippen LogP contribution in [0.25, 0.3) is 0 Å². The maximum Gasteiger partial charge on any atom is 0.250 e. The maximum absolute atomic E-state index is 11.1. The van der Waals surface area contributed by atoms with Gasteiger partial charge in [-0.1, -0.05) is 0 Å². The second-order valence-corrected chi connectivity index (χ2v) is 4.90. The van der Waals surface area contributed by atoms with Gasteiger partial charge < -0.3 is 20.9 Å². The fourth-order valence-electron chi connectivity index (χ4n) is 2.11. The quantitative estimate of drug-likeness (QED) is 0.686. The number of hydrogen-bond acceptors (Lipinski definition) is 5. The van der Waals surface area contributed by atoms with E-state index in [9.17, 15) is 9.90 Å². The van der Waals surface area contributed by atoms with Crippen LogP contribution in [0, 0.1) is 0 Å². The molecule has 0 saturated carbocycles. The van der Waals surface area contributed by atoms with Crippen molar-refractivity contribution >= 4 is 5.91 Å². The van der Waals surface area contributed by atoms with E-state index in [-0.39, 0.29) is 6.04 Å². The van der Waals surface area contributed by atoms with Gasteiger partial charge in [-0.25, -0.2) is 4.98 Å². The Bertz CT molecular complexity index is 487. The number of aromatic nitrogens is 1. The predicted octanol–water partition coefficient (Wildman–Crippen LogP) is -0.0271. The summed E-state index contributed by atoms with van der Waals surface area (Å²) in [6.07, 6.45) is 0.627. The Morgan fingerprint density at radius 3 is 2.83 bits per heavy atom. The molecular weight excluding hydrogens is 234 g/mol. The summed E-state index contributed by atoms with van der Waals surface area (Å²) >= 11 is 0.